The normalized spacial score (nSPS) is 20.6. The van der Waals surface area contributed by atoms with Gasteiger partial charge in [-0.05, 0) is 51.2 Å². The molecule has 4 rings (SSSR count). The minimum Gasteiger partial charge on any atom is -0.366 e. The Balaban J connectivity index is 1.57. The predicted molar refractivity (Wildman–Crippen MR) is 100 cm³/mol. The first kappa shape index (κ1) is 16.1. The number of rotatable bonds is 4. The van der Waals surface area contributed by atoms with Crippen LogP contribution in [0.2, 0.25) is 0 Å². The molecule has 0 amide bonds. The number of nitrogens with one attached hydrogen (secondary N) is 1. The van der Waals surface area contributed by atoms with Crippen LogP contribution in [0.3, 0.4) is 0 Å². The van der Waals surface area contributed by atoms with Crippen LogP contribution in [0.15, 0.2) is 42.5 Å². The molecule has 1 saturated heterocycles. The molecular weight excluding hydrogens is 312 g/mol. The molecule has 1 aliphatic heterocycles. The number of likely N-dealkylation sites (N-methyl/N-ethyl adjacent to an activating group) is 1. The predicted octanol–water partition coefficient (Wildman–Crippen LogP) is 1.81. The van der Waals surface area contributed by atoms with Crippen molar-refractivity contribution in [2.45, 2.75) is 24.9 Å². The van der Waals surface area contributed by atoms with Crippen LogP contribution in [0.4, 0.5) is 5.95 Å². The average Bonchev–Trinajstić information content (AvgIpc) is 3.20. The molecule has 0 radical (unpaired) electrons. The lowest BCUT2D eigenvalue weighted by molar-refractivity contribution is 0.267. The van der Waals surface area contributed by atoms with E-state index in [0.717, 1.165) is 29.9 Å². The van der Waals surface area contributed by atoms with Gasteiger partial charge in [0.25, 0.3) is 0 Å². The quantitative estimate of drug-likeness (QED) is 0.760. The number of hydrogen-bond donors (Lipinski definition) is 2. The van der Waals surface area contributed by atoms with Crippen molar-refractivity contribution in [3.05, 3.63) is 48.0 Å². The van der Waals surface area contributed by atoms with Crippen molar-refractivity contribution in [3.8, 4) is 11.3 Å². The topological polar surface area (TPSA) is 71.5 Å². The molecule has 0 bridgehead atoms. The van der Waals surface area contributed by atoms with E-state index in [0.29, 0.717) is 18.0 Å². The fraction of sp³-hybridized carbons (Fsp3) is 0.368. The number of nitrogen functional groups attached to an aromatic ring is 1. The van der Waals surface area contributed by atoms with Gasteiger partial charge in [0.15, 0.2) is 5.65 Å². The second-order valence-corrected chi connectivity index (χ2v) is 6.93. The van der Waals surface area contributed by atoms with E-state index in [-0.39, 0.29) is 0 Å². The van der Waals surface area contributed by atoms with Crippen LogP contribution in [0.5, 0.6) is 0 Å². The van der Waals surface area contributed by atoms with Gasteiger partial charge in [0, 0.05) is 17.6 Å². The van der Waals surface area contributed by atoms with Gasteiger partial charge in [-0.3, -0.25) is 0 Å². The summed E-state index contributed by atoms with van der Waals surface area (Å²) in [5.74, 6) is 0.297. The van der Waals surface area contributed by atoms with Crippen molar-refractivity contribution in [1.82, 2.24) is 24.8 Å². The van der Waals surface area contributed by atoms with Crippen molar-refractivity contribution in [3.63, 3.8) is 0 Å². The lowest BCUT2D eigenvalue weighted by Gasteiger charge is -2.26. The summed E-state index contributed by atoms with van der Waals surface area (Å²) < 4.78 is 1.80. The fourth-order valence-electron chi connectivity index (χ4n) is 3.79. The first-order chi connectivity index (χ1) is 12.1. The molecule has 1 fully saturated rings. The van der Waals surface area contributed by atoms with Crippen LogP contribution in [-0.2, 0) is 6.42 Å². The van der Waals surface area contributed by atoms with E-state index >= 15 is 0 Å². The highest BCUT2D eigenvalue weighted by atomic mass is 15.3. The Bertz CT molecular complexity index is 867. The van der Waals surface area contributed by atoms with Gasteiger partial charge in [-0.1, -0.05) is 30.3 Å². The van der Waals surface area contributed by atoms with Crippen molar-refractivity contribution in [2.24, 2.45) is 0 Å². The SMILES string of the molecule is CN(C)C1CCNC1Cc1ccc(-c2cccc3nc(N)nn23)cc1. The van der Waals surface area contributed by atoms with Gasteiger partial charge in [0.2, 0.25) is 5.95 Å². The zero-order chi connectivity index (χ0) is 17.4. The maximum atomic E-state index is 5.74. The van der Waals surface area contributed by atoms with Gasteiger partial charge in [-0.15, -0.1) is 5.10 Å². The van der Waals surface area contributed by atoms with Crippen LogP contribution < -0.4 is 11.1 Å². The number of nitrogens with zero attached hydrogens (tertiary/aromatic N) is 4. The van der Waals surface area contributed by atoms with E-state index in [1.165, 1.54) is 12.0 Å². The maximum absolute atomic E-state index is 5.74. The third kappa shape index (κ3) is 3.10. The second kappa shape index (κ2) is 6.46. The molecule has 6 nitrogen and oxygen atoms in total. The number of hydrogen-bond acceptors (Lipinski definition) is 5. The summed E-state index contributed by atoms with van der Waals surface area (Å²) in [4.78, 5) is 6.56. The Morgan fingerprint density at radius 2 is 2.00 bits per heavy atom. The monoisotopic (exact) mass is 336 g/mol. The summed E-state index contributed by atoms with van der Waals surface area (Å²) >= 11 is 0. The molecule has 3 heterocycles. The van der Waals surface area contributed by atoms with Gasteiger partial charge >= 0.3 is 0 Å². The number of aromatic nitrogens is 3. The third-order valence-corrected chi connectivity index (χ3v) is 5.06. The van der Waals surface area contributed by atoms with Crippen LogP contribution in [-0.4, -0.2) is 52.2 Å². The van der Waals surface area contributed by atoms with Crippen molar-refractivity contribution >= 4 is 11.6 Å². The second-order valence-electron chi connectivity index (χ2n) is 6.93. The van der Waals surface area contributed by atoms with Crippen molar-refractivity contribution < 1.29 is 0 Å². The minimum atomic E-state index is 0.297. The molecule has 1 aliphatic rings. The van der Waals surface area contributed by atoms with Gasteiger partial charge in [-0.25, -0.2) is 4.52 Å². The average molecular weight is 336 g/mol. The Hall–Kier alpha value is -2.44. The molecule has 2 aromatic heterocycles. The van der Waals surface area contributed by atoms with E-state index < -0.39 is 0 Å². The standard InChI is InChI=1S/C19H24N6/c1-24(2)17-10-11-21-15(17)12-13-6-8-14(9-7-13)16-4-3-5-18-22-19(20)23-25(16)18/h3-9,15,17,21H,10-12H2,1-2H3,(H2,20,23). The first-order valence-corrected chi connectivity index (χ1v) is 8.72. The van der Waals surface area contributed by atoms with Crippen LogP contribution in [0.25, 0.3) is 16.9 Å². The highest BCUT2D eigenvalue weighted by Crippen LogP contribution is 2.23. The Labute approximate surface area is 147 Å². The molecule has 0 spiro atoms. The van der Waals surface area contributed by atoms with E-state index in [9.17, 15) is 0 Å². The highest BCUT2D eigenvalue weighted by molar-refractivity contribution is 5.63. The summed E-state index contributed by atoms with van der Waals surface area (Å²) in [6, 6.07) is 15.8. The lowest BCUT2D eigenvalue weighted by atomic mass is 9.98. The molecule has 130 valence electrons. The number of anilines is 1. The minimum absolute atomic E-state index is 0.297. The molecular formula is C19H24N6. The van der Waals surface area contributed by atoms with Crippen molar-refractivity contribution in [2.75, 3.05) is 26.4 Å². The number of nitrogens with two attached hydrogens (primary N) is 1. The fourth-order valence-corrected chi connectivity index (χ4v) is 3.79. The molecule has 2 atom stereocenters. The molecule has 0 saturated carbocycles. The Morgan fingerprint density at radius 3 is 2.76 bits per heavy atom. The Kier molecular flexibility index (Phi) is 4.15. The van der Waals surface area contributed by atoms with Gasteiger partial charge in [0.1, 0.15) is 0 Å². The molecule has 0 aliphatic carbocycles. The first-order valence-electron chi connectivity index (χ1n) is 8.72. The highest BCUT2D eigenvalue weighted by Gasteiger charge is 2.28. The number of fused-ring (bicyclic) bond motifs is 1. The summed E-state index contributed by atoms with van der Waals surface area (Å²) in [7, 11) is 4.33. The zero-order valence-corrected chi connectivity index (χ0v) is 14.7. The molecule has 1 aromatic carbocycles. The maximum Gasteiger partial charge on any atom is 0.240 e. The molecule has 3 aromatic rings. The third-order valence-electron chi connectivity index (χ3n) is 5.06. The van der Waals surface area contributed by atoms with Gasteiger partial charge in [0.05, 0.1) is 5.69 Å². The van der Waals surface area contributed by atoms with Crippen LogP contribution in [0.1, 0.15) is 12.0 Å². The summed E-state index contributed by atoms with van der Waals surface area (Å²) in [6.45, 7) is 1.10. The van der Waals surface area contributed by atoms with E-state index in [4.69, 9.17) is 5.73 Å². The molecule has 2 unspecified atom stereocenters. The summed E-state index contributed by atoms with van der Waals surface area (Å²) in [5, 5.41) is 7.92. The van der Waals surface area contributed by atoms with Crippen LogP contribution in [0, 0.1) is 0 Å². The lowest BCUT2D eigenvalue weighted by Crippen LogP contribution is -2.41. The zero-order valence-electron chi connectivity index (χ0n) is 14.7. The Morgan fingerprint density at radius 1 is 1.20 bits per heavy atom. The largest absolute Gasteiger partial charge is 0.366 e. The van der Waals surface area contributed by atoms with E-state index in [1.54, 1.807) is 4.52 Å². The molecule has 3 N–H and O–H groups in total. The van der Waals surface area contributed by atoms with Gasteiger partial charge < -0.3 is 16.0 Å². The number of benzene rings is 1. The molecule has 6 heteroatoms. The van der Waals surface area contributed by atoms with Crippen molar-refractivity contribution in [1.29, 1.82) is 0 Å². The van der Waals surface area contributed by atoms with E-state index in [1.807, 2.05) is 18.2 Å². The van der Waals surface area contributed by atoms with E-state index in [2.05, 4.69) is 58.7 Å². The van der Waals surface area contributed by atoms with Crippen LogP contribution >= 0.6 is 0 Å². The molecule has 25 heavy (non-hydrogen) atoms. The smallest absolute Gasteiger partial charge is 0.240 e. The summed E-state index contributed by atoms with van der Waals surface area (Å²) in [6.07, 6.45) is 2.26. The van der Waals surface area contributed by atoms with Gasteiger partial charge in [-0.2, -0.15) is 4.98 Å². The number of pyridine rings is 1. The summed E-state index contributed by atoms with van der Waals surface area (Å²) in [5.41, 5.74) is 9.96.